The van der Waals surface area contributed by atoms with Gasteiger partial charge in [-0.25, -0.2) is 4.39 Å². The molecule has 7 heteroatoms. The summed E-state index contributed by atoms with van der Waals surface area (Å²) in [6.07, 6.45) is 0.131. The Morgan fingerprint density at radius 3 is 2.62 bits per heavy atom. The number of nitrogens with zero attached hydrogens (tertiary/aromatic N) is 2. The molecule has 0 atom stereocenters. The molecule has 0 unspecified atom stereocenters. The fourth-order valence-electron chi connectivity index (χ4n) is 2.50. The highest BCUT2D eigenvalue weighted by atomic mass is 32.1. The summed E-state index contributed by atoms with van der Waals surface area (Å²) in [5, 5.41) is 0. The Morgan fingerprint density at radius 2 is 1.92 bits per heavy atom. The van der Waals surface area contributed by atoms with E-state index in [1.165, 1.54) is 30.6 Å². The van der Waals surface area contributed by atoms with Gasteiger partial charge in [-0.3, -0.25) is 9.59 Å². The van der Waals surface area contributed by atoms with Gasteiger partial charge in [0, 0.05) is 12.1 Å². The Labute approximate surface area is 153 Å². The second-order valence-electron chi connectivity index (χ2n) is 5.76. The molecular formula is C19H17FN2O3S. The molecule has 0 aliphatic carbocycles. The van der Waals surface area contributed by atoms with Crippen LogP contribution in [0.3, 0.4) is 0 Å². The molecule has 1 amide bonds. The van der Waals surface area contributed by atoms with E-state index in [0.29, 0.717) is 15.1 Å². The van der Waals surface area contributed by atoms with E-state index in [4.69, 9.17) is 0 Å². The van der Waals surface area contributed by atoms with Crippen molar-refractivity contribution < 1.29 is 18.7 Å². The molecule has 0 saturated carbocycles. The Kier molecular flexibility index (Phi) is 5.27. The van der Waals surface area contributed by atoms with Crippen molar-refractivity contribution >= 4 is 33.4 Å². The number of esters is 1. The minimum Gasteiger partial charge on any atom is -0.469 e. The predicted molar refractivity (Wildman–Crippen MR) is 97.5 cm³/mol. The number of methoxy groups -OCH3 is 1. The number of hydrogen-bond acceptors (Lipinski definition) is 4. The third-order valence-electron chi connectivity index (χ3n) is 3.91. The summed E-state index contributed by atoms with van der Waals surface area (Å²) < 4.78 is 20.6. The number of rotatable bonds is 4. The molecule has 0 N–H and O–H groups in total. The largest absolute Gasteiger partial charge is 0.469 e. The van der Waals surface area contributed by atoms with Gasteiger partial charge in [-0.05, 0) is 37.3 Å². The van der Waals surface area contributed by atoms with Crippen molar-refractivity contribution in [1.29, 1.82) is 0 Å². The number of ether oxygens (including phenoxy) is 1. The summed E-state index contributed by atoms with van der Waals surface area (Å²) >= 11 is 1.21. The van der Waals surface area contributed by atoms with E-state index in [1.54, 1.807) is 22.8 Å². The minimum atomic E-state index is -0.385. The van der Waals surface area contributed by atoms with Gasteiger partial charge < -0.3 is 9.30 Å². The number of fused-ring (bicyclic) bond motifs is 1. The highest BCUT2D eigenvalue weighted by Crippen LogP contribution is 2.19. The third kappa shape index (κ3) is 3.88. The lowest BCUT2D eigenvalue weighted by Gasteiger charge is -2.04. The van der Waals surface area contributed by atoms with Gasteiger partial charge in [-0.2, -0.15) is 4.99 Å². The summed E-state index contributed by atoms with van der Waals surface area (Å²) in [7, 11) is 1.32. The van der Waals surface area contributed by atoms with Gasteiger partial charge in [0.05, 0.1) is 23.7 Å². The molecule has 3 aromatic rings. The topological polar surface area (TPSA) is 60.7 Å². The smallest absolute Gasteiger partial charge is 0.307 e. The maximum Gasteiger partial charge on any atom is 0.307 e. The second-order valence-corrected chi connectivity index (χ2v) is 6.77. The van der Waals surface area contributed by atoms with Gasteiger partial charge in [0.2, 0.25) is 0 Å². The van der Waals surface area contributed by atoms with Crippen molar-refractivity contribution in [2.45, 2.75) is 19.9 Å². The van der Waals surface area contributed by atoms with E-state index < -0.39 is 0 Å². The van der Waals surface area contributed by atoms with E-state index in [-0.39, 0.29) is 30.7 Å². The molecule has 1 aromatic heterocycles. The molecule has 134 valence electrons. The zero-order valence-electron chi connectivity index (χ0n) is 14.4. The van der Waals surface area contributed by atoms with Crippen LogP contribution in [0.15, 0.2) is 47.5 Å². The Bertz CT molecular complexity index is 1040. The number of aryl methyl sites for hydroxylation is 2. The van der Waals surface area contributed by atoms with Crippen molar-refractivity contribution in [1.82, 2.24) is 4.57 Å². The average Bonchev–Trinajstić information content (AvgIpc) is 2.96. The first-order chi connectivity index (χ1) is 12.5. The standard InChI is InChI=1S/C19H17FN2O3S/c1-12-3-5-13(6-4-12)18(24)21-19-22(10-9-17(23)25-2)15-8-7-14(20)11-16(15)26-19/h3-8,11H,9-10H2,1-2H3. The van der Waals surface area contributed by atoms with Crippen LogP contribution in [0.1, 0.15) is 22.3 Å². The van der Waals surface area contributed by atoms with E-state index in [2.05, 4.69) is 9.73 Å². The molecule has 0 fully saturated rings. The second kappa shape index (κ2) is 7.61. The molecule has 26 heavy (non-hydrogen) atoms. The lowest BCUT2D eigenvalue weighted by atomic mass is 10.1. The van der Waals surface area contributed by atoms with Gasteiger partial charge >= 0.3 is 5.97 Å². The van der Waals surface area contributed by atoms with Crippen LogP contribution in [0.2, 0.25) is 0 Å². The first-order valence-electron chi connectivity index (χ1n) is 7.99. The van der Waals surface area contributed by atoms with Crippen LogP contribution >= 0.6 is 11.3 Å². The first-order valence-corrected chi connectivity index (χ1v) is 8.81. The monoisotopic (exact) mass is 372 g/mol. The van der Waals surface area contributed by atoms with Gasteiger partial charge in [0.1, 0.15) is 5.82 Å². The van der Waals surface area contributed by atoms with Crippen LogP contribution in [0, 0.1) is 12.7 Å². The lowest BCUT2D eigenvalue weighted by molar-refractivity contribution is -0.140. The molecule has 0 spiro atoms. The molecule has 0 aliphatic heterocycles. The quantitative estimate of drug-likeness (QED) is 0.659. The molecule has 1 heterocycles. The van der Waals surface area contributed by atoms with E-state index in [9.17, 15) is 14.0 Å². The summed E-state index contributed by atoms with van der Waals surface area (Å²) in [6.45, 7) is 2.23. The number of carbonyl (C=O) groups is 2. The number of aromatic nitrogens is 1. The van der Waals surface area contributed by atoms with Crippen LogP contribution in [0.5, 0.6) is 0 Å². The number of hydrogen-bond donors (Lipinski definition) is 0. The van der Waals surface area contributed by atoms with Crippen molar-refractivity contribution in [2.75, 3.05) is 7.11 Å². The first kappa shape index (κ1) is 18.0. The maximum absolute atomic E-state index is 13.5. The van der Waals surface area contributed by atoms with Crippen molar-refractivity contribution in [3.05, 3.63) is 64.2 Å². The molecule has 5 nitrogen and oxygen atoms in total. The molecule has 0 aliphatic rings. The molecule has 3 rings (SSSR count). The van der Waals surface area contributed by atoms with E-state index in [0.717, 1.165) is 11.1 Å². The van der Waals surface area contributed by atoms with Crippen LogP contribution in [-0.2, 0) is 16.1 Å². The minimum absolute atomic E-state index is 0.131. The van der Waals surface area contributed by atoms with Gasteiger partial charge in [-0.1, -0.05) is 29.0 Å². The van der Waals surface area contributed by atoms with Crippen LogP contribution < -0.4 is 4.80 Å². The molecule has 0 saturated heterocycles. The Morgan fingerprint density at radius 1 is 1.19 bits per heavy atom. The van der Waals surface area contributed by atoms with Gasteiger partial charge in [0.15, 0.2) is 4.80 Å². The summed E-state index contributed by atoms with van der Waals surface area (Å²) in [5.74, 6) is -1.12. The molecule has 2 aromatic carbocycles. The van der Waals surface area contributed by atoms with E-state index >= 15 is 0 Å². The van der Waals surface area contributed by atoms with Crippen molar-refractivity contribution in [3.8, 4) is 0 Å². The highest BCUT2D eigenvalue weighted by molar-refractivity contribution is 7.16. The van der Waals surface area contributed by atoms with Crippen LogP contribution in [0.25, 0.3) is 10.2 Å². The predicted octanol–water partition coefficient (Wildman–Crippen LogP) is 3.45. The fraction of sp³-hybridized carbons (Fsp3) is 0.211. The van der Waals surface area contributed by atoms with Gasteiger partial charge in [-0.15, -0.1) is 0 Å². The molecular weight excluding hydrogens is 355 g/mol. The summed E-state index contributed by atoms with van der Waals surface area (Å²) in [6, 6.07) is 11.5. The number of benzene rings is 2. The van der Waals surface area contributed by atoms with Gasteiger partial charge in [0.25, 0.3) is 5.91 Å². The Balaban J connectivity index is 2.06. The number of halogens is 1. The molecule has 0 radical (unpaired) electrons. The lowest BCUT2D eigenvalue weighted by Crippen LogP contribution is -2.19. The van der Waals surface area contributed by atoms with Crippen molar-refractivity contribution in [2.24, 2.45) is 4.99 Å². The fourth-order valence-corrected chi connectivity index (χ4v) is 3.58. The average molecular weight is 372 g/mol. The van der Waals surface area contributed by atoms with Crippen LogP contribution in [0.4, 0.5) is 4.39 Å². The van der Waals surface area contributed by atoms with E-state index in [1.807, 2.05) is 19.1 Å². The zero-order chi connectivity index (χ0) is 18.7. The number of carbonyl (C=O) groups excluding carboxylic acids is 2. The SMILES string of the molecule is COC(=O)CCn1c(=NC(=O)c2ccc(C)cc2)sc2cc(F)ccc21. The number of amides is 1. The Hall–Kier alpha value is -2.80. The summed E-state index contributed by atoms with van der Waals surface area (Å²) in [4.78, 5) is 28.6. The van der Waals surface area contributed by atoms with Crippen molar-refractivity contribution in [3.63, 3.8) is 0 Å². The maximum atomic E-state index is 13.5. The number of thiazole rings is 1. The third-order valence-corrected chi connectivity index (χ3v) is 4.95. The summed E-state index contributed by atoms with van der Waals surface area (Å²) in [5.41, 5.74) is 2.24. The van der Waals surface area contributed by atoms with Crippen LogP contribution in [-0.4, -0.2) is 23.6 Å². The highest BCUT2D eigenvalue weighted by Gasteiger charge is 2.11. The normalized spacial score (nSPS) is 11.7. The molecule has 0 bridgehead atoms. The zero-order valence-corrected chi connectivity index (χ0v) is 15.2.